The molecule has 0 spiro atoms. The molecule has 6 heteroatoms. The van der Waals surface area contributed by atoms with Gasteiger partial charge in [0.2, 0.25) is 0 Å². The van der Waals surface area contributed by atoms with Crippen molar-refractivity contribution in [1.82, 2.24) is 9.80 Å². The number of allylic oxidation sites excluding steroid dienone is 1. The monoisotopic (exact) mass is 356 g/mol. The summed E-state index contributed by atoms with van der Waals surface area (Å²) in [6.45, 7) is 1.77. The first-order chi connectivity index (χ1) is 12.0. The minimum absolute atomic E-state index is 0.148. The Morgan fingerprint density at radius 3 is 2.48 bits per heavy atom. The molecule has 1 aliphatic rings. The van der Waals surface area contributed by atoms with Crippen LogP contribution in [0.15, 0.2) is 53.0 Å². The van der Waals surface area contributed by atoms with Crippen LogP contribution >= 0.6 is 11.3 Å². The van der Waals surface area contributed by atoms with E-state index < -0.39 is 12.0 Å². The topological polar surface area (TPSA) is 49.9 Å². The number of hydrogen-bond donors (Lipinski definition) is 0. The lowest BCUT2D eigenvalue weighted by molar-refractivity contribution is -0.137. The van der Waals surface area contributed by atoms with Crippen molar-refractivity contribution in [3.63, 3.8) is 0 Å². The number of esters is 1. The third-order valence-corrected chi connectivity index (χ3v) is 5.53. The summed E-state index contributed by atoms with van der Waals surface area (Å²) in [5.74, 6) is -0.414. The molecule has 0 saturated heterocycles. The normalized spacial score (nSPS) is 17.9. The maximum absolute atomic E-state index is 12.5. The van der Waals surface area contributed by atoms with Gasteiger partial charge < -0.3 is 14.5 Å². The Labute approximate surface area is 151 Å². The number of rotatable bonds is 3. The van der Waals surface area contributed by atoms with E-state index in [2.05, 4.69) is 0 Å². The molecule has 1 aromatic heterocycles. The molecule has 2 heterocycles. The van der Waals surface area contributed by atoms with E-state index in [1.807, 2.05) is 41.8 Å². The fraction of sp³-hybridized carbons (Fsp3) is 0.263. The number of benzene rings is 1. The van der Waals surface area contributed by atoms with E-state index in [0.717, 1.165) is 16.0 Å². The third kappa shape index (κ3) is 2.93. The van der Waals surface area contributed by atoms with Crippen LogP contribution in [0.5, 0.6) is 0 Å². The highest BCUT2D eigenvalue weighted by Crippen LogP contribution is 2.40. The quantitative estimate of drug-likeness (QED) is 0.784. The Balaban J connectivity index is 2.09. The Hall–Kier alpha value is -2.60. The molecule has 0 aliphatic carbocycles. The number of carbonyl (C=O) groups is 2. The van der Waals surface area contributed by atoms with Crippen molar-refractivity contribution in [1.29, 1.82) is 0 Å². The number of carbonyl (C=O) groups excluding carboxylic acids is 2. The fourth-order valence-corrected chi connectivity index (χ4v) is 4.11. The summed E-state index contributed by atoms with van der Waals surface area (Å²) in [4.78, 5) is 28.9. The molecule has 25 heavy (non-hydrogen) atoms. The number of thiophene rings is 1. The molecule has 130 valence electrons. The predicted octanol–water partition coefficient (Wildman–Crippen LogP) is 3.90. The molecular formula is C19H20N2O3S. The maximum Gasteiger partial charge on any atom is 0.338 e. The largest absolute Gasteiger partial charge is 0.466 e. The minimum Gasteiger partial charge on any atom is -0.466 e. The molecule has 1 aromatic carbocycles. The van der Waals surface area contributed by atoms with E-state index in [1.165, 1.54) is 23.3 Å². The van der Waals surface area contributed by atoms with E-state index in [-0.39, 0.29) is 6.03 Å². The van der Waals surface area contributed by atoms with Crippen molar-refractivity contribution >= 4 is 23.3 Å². The molecule has 0 radical (unpaired) electrons. The van der Waals surface area contributed by atoms with Crippen LogP contribution in [0.3, 0.4) is 0 Å². The van der Waals surface area contributed by atoms with Crippen molar-refractivity contribution in [2.24, 2.45) is 0 Å². The van der Waals surface area contributed by atoms with Gasteiger partial charge in [-0.05, 0) is 29.5 Å². The number of ether oxygens (including phenoxy) is 1. The van der Waals surface area contributed by atoms with Crippen LogP contribution in [0.2, 0.25) is 0 Å². The number of methoxy groups -OCH3 is 1. The standard InChI is InChI=1S/C19H20N2O3S/c1-12-16(18(22)24-4)17(21(3)19(23)20(12)2)15-10-14(11-25-15)13-8-6-5-7-9-13/h5-11,17H,1-4H3. The number of urea groups is 1. The number of amides is 2. The second-order valence-electron chi connectivity index (χ2n) is 5.95. The van der Waals surface area contributed by atoms with Crippen molar-refractivity contribution in [3.05, 3.63) is 57.9 Å². The summed E-state index contributed by atoms with van der Waals surface area (Å²) in [6, 6.07) is 11.5. The molecule has 5 nitrogen and oxygen atoms in total. The van der Waals surface area contributed by atoms with Gasteiger partial charge in [0.1, 0.15) is 6.04 Å². The molecule has 2 aromatic rings. The van der Waals surface area contributed by atoms with E-state index >= 15 is 0 Å². The van der Waals surface area contributed by atoms with Gasteiger partial charge >= 0.3 is 12.0 Å². The summed E-state index contributed by atoms with van der Waals surface area (Å²) in [6.07, 6.45) is 0. The van der Waals surface area contributed by atoms with Crippen LogP contribution in [0.1, 0.15) is 17.8 Å². The third-order valence-electron chi connectivity index (χ3n) is 4.54. The number of nitrogens with zero attached hydrogens (tertiary/aromatic N) is 2. The van der Waals surface area contributed by atoms with Gasteiger partial charge in [-0.1, -0.05) is 30.3 Å². The zero-order valence-corrected chi connectivity index (χ0v) is 15.5. The van der Waals surface area contributed by atoms with Crippen molar-refractivity contribution < 1.29 is 14.3 Å². The van der Waals surface area contributed by atoms with Crippen molar-refractivity contribution in [2.45, 2.75) is 13.0 Å². The number of hydrogen-bond acceptors (Lipinski definition) is 4. The second kappa shape index (κ2) is 6.72. The van der Waals surface area contributed by atoms with Gasteiger partial charge in [-0.2, -0.15) is 0 Å². The van der Waals surface area contributed by atoms with E-state index in [4.69, 9.17) is 4.74 Å². The first kappa shape index (κ1) is 17.2. The molecule has 1 atom stereocenters. The lowest BCUT2D eigenvalue weighted by atomic mass is 9.98. The molecule has 1 unspecified atom stereocenters. The lowest BCUT2D eigenvalue weighted by Crippen LogP contribution is -2.47. The highest BCUT2D eigenvalue weighted by atomic mass is 32.1. The van der Waals surface area contributed by atoms with Gasteiger partial charge in [-0.15, -0.1) is 11.3 Å². The van der Waals surface area contributed by atoms with Crippen LogP contribution in [0.4, 0.5) is 4.79 Å². The second-order valence-corrected chi connectivity index (χ2v) is 6.89. The smallest absolute Gasteiger partial charge is 0.338 e. The molecule has 0 fully saturated rings. The highest BCUT2D eigenvalue weighted by Gasteiger charge is 2.39. The first-order valence-electron chi connectivity index (χ1n) is 7.89. The average molecular weight is 356 g/mol. The molecular weight excluding hydrogens is 336 g/mol. The summed E-state index contributed by atoms with van der Waals surface area (Å²) in [5.41, 5.74) is 3.29. The Kier molecular flexibility index (Phi) is 4.63. The van der Waals surface area contributed by atoms with Gasteiger partial charge in [-0.25, -0.2) is 9.59 Å². The van der Waals surface area contributed by atoms with E-state index in [1.54, 1.807) is 25.9 Å². The summed E-state index contributed by atoms with van der Waals surface area (Å²) >= 11 is 1.54. The molecule has 3 rings (SSSR count). The average Bonchev–Trinajstić information content (AvgIpc) is 3.12. The summed E-state index contributed by atoms with van der Waals surface area (Å²) in [5, 5.41) is 2.05. The molecule has 0 N–H and O–H groups in total. The zero-order chi connectivity index (χ0) is 18.1. The van der Waals surface area contributed by atoms with Crippen LogP contribution in [0.25, 0.3) is 11.1 Å². The molecule has 1 aliphatic heterocycles. The van der Waals surface area contributed by atoms with Gasteiger partial charge in [0.05, 0.1) is 12.7 Å². The highest BCUT2D eigenvalue weighted by molar-refractivity contribution is 7.10. The van der Waals surface area contributed by atoms with Crippen LogP contribution in [-0.2, 0) is 9.53 Å². The van der Waals surface area contributed by atoms with Crippen LogP contribution in [-0.4, -0.2) is 43.0 Å². The van der Waals surface area contributed by atoms with Gasteiger partial charge in [0, 0.05) is 24.7 Å². The van der Waals surface area contributed by atoms with Gasteiger partial charge in [0.15, 0.2) is 0 Å². The van der Waals surface area contributed by atoms with Crippen molar-refractivity contribution in [2.75, 3.05) is 21.2 Å². The van der Waals surface area contributed by atoms with E-state index in [9.17, 15) is 9.59 Å². The Bertz CT molecular complexity index is 841. The Morgan fingerprint density at radius 2 is 1.84 bits per heavy atom. The van der Waals surface area contributed by atoms with Crippen molar-refractivity contribution in [3.8, 4) is 11.1 Å². The van der Waals surface area contributed by atoms with Gasteiger partial charge in [-0.3, -0.25) is 0 Å². The van der Waals surface area contributed by atoms with Crippen LogP contribution < -0.4 is 0 Å². The van der Waals surface area contributed by atoms with E-state index in [0.29, 0.717) is 11.3 Å². The van der Waals surface area contributed by atoms with Crippen LogP contribution in [0, 0.1) is 0 Å². The minimum atomic E-state index is -0.446. The zero-order valence-electron chi connectivity index (χ0n) is 14.6. The fourth-order valence-electron chi connectivity index (χ4n) is 3.04. The number of likely N-dealkylation sites (N-methyl/N-ethyl adjacent to an activating group) is 1. The lowest BCUT2D eigenvalue weighted by Gasteiger charge is -2.38. The first-order valence-corrected chi connectivity index (χ1v) is 8.77. The predicted molar refractivity (Wildman–Crippen MR) is 98.1 cm³/mol. The maximum atomic E-state index is 12.5. The molecule has 0 saturated carbocycles. The molecule has 0 bridgehead atoms. The SMILES string of the molecule is COC(=O)C1=C(C)N(C)C(=O)N(C)C1c1cc(-c2ccccc2)cs1. The van der Waals surface area contributed by atoms with Gasteiger partial charge in [0.25, 0.3) is 0 Å². The Morgan fingerprint density at radius 1 is 1.16 bits per heavy atom. The summed E-state index contributed by atoms with van der Waals surface area (Å²) < 4.78 is 4.98. The summed E-state index contributed by atoms with van der Waals surface area (Å²) in [7, 11) is 4.73. The molecule has 2 amide bonds.